The number of nitro groups is 1. The molecule has 82 valence electrons. The fourth-order valence-corrected chi connectivity index (χ4v) is 1.48. The van der Waals surface area contributed by atoms with Crippen LogP contribution in [0.1, 0.15) is 11.1 Å². The Hall–Kier alpha value is -2.13. The van der Waals surface area contributed by atoms with Gasteiger partial charge in [-0.2, -0.15) is 5.26 Å². The first kappa shape index (κ1) is 11.9. The molecule has 0 aliphatic carbocycles. The van der Waals surface area contributed by atoms with Gasteiger partial charge in [0.1, 0.15) is 16.7 Å². The summed E-state index contributed by atoms with van der Waals surface area (Å²) in [7, 11) is 0. The number of halogens is 1. The van der Waals surface area contributed by atoms with E-state index in [9.17, 15) is 14.9 Å². The van der Waals surface area contributed by atoms with Crippen molar-refractivity contribution in [1.82, 2.24) is 0 Å². The number of nitro benzene ring substituents is 1. The lowest BCUT2D eigenvalue weighted by Crippen LogP contribution is -2.03. The quantitative estimate of drug-likeness (QED) is 0.640. The molecular weight excluding hydrogens is 236 g/mol. The summed E-state index contributed by atoms with van der Waals surface area (Å²) in [5, 5.41) is 27.6. The number of aliphatic carboxylic acids is 1. The summed E-state index contributed by atoms with van der Waals surface area (Å²) in [5.41, 5.74) is -0.632. The summed E-state index contributed by atoms with van der Waals surface area (Å²) in [4.78, 5) is 20.3. The molecule has 0 fully saturated rings. The fraction of sp³-hybridized carbons (Fsp3) is 0.111. The van der Waals surface area contributed by atoms with E-state index in [2.05, 4.69) is 0 Å². The van der Waals surface area contributed by atoms with Gasteiger partial charge in [-0.05, 0) is 11.6 Å². The Labute approximate surface area is 94.8 Å². The third kappa shape index (κ3) is 2.27. The van der Waals surface area contributed by atoms with E-state index in [1.165, 1.54) is 12.1 Å². The molecule has 0 atom stereocenters. The maximum absolute atomic E-state index is 10.7. The number of rotatable bonds is 3. The van der Waals surface area contributed by atoms with Crippen LogP contribution in [0.5, 0.6) is 0 Å². The number of nitrogens with zero attached hydrogens (tertiary/aromatic N) is 2. The van der Waals surface area contributed by atoms with Gasteiger partial charge >= 0.3 is 11.7 Å². The SMILES string of the molecule is N#Cc1ccc(CC(=O)O)c(Cl)c1[N+](=O)[O-]. The van der Waals surface area contributed by atoms with Crippen molar-refractivity contribution >= 4 is 23.3 Å². The molecule has 0 amide bonds. The second kappa shape index (κ2) is 4.59. The average Bonchev–Trinajstić information content (AvgIpc) is 2.19. The topological polar surface area (TPSA) is 104 Å². The Morgan fingerprint density at radius 2 is 2.25 bits per heavy atom. The highest BCUT2D eigenvalue weighted by molar-refractivity contribution is 6.33. The molecule has 0 spiro atoms. The van der Waals surface area contributed by atoms with E-state index < -0.39 is 23.0 Å². The van der Waals surface area contributed by atoms with Crippen LogP contribution in [-0.4, -0.2) is 16.0 Å². The number of nitriles is 1. The van der Waals surface area contributed by atoms with Gasteiger partial charge in [-0.25, -0.2) is 0 Å². The van der Waals surface area contributed by atoms with Gasteiger partial charge in [-0.1, -0.05) is 17.7 Å². The Kier molecular flexibility index (Phi) is 3.43. The minimum absolute atomic E-state index is 0.111. The normalized spacial score (nSPS) is 9.50. The first-order valence-corrected chi connectivity index (χ1v) is 4.42. The summed E-state index contributed by atoms with van der Waals surface area (Å²) in [6, 6.07) is 4.10. The maximum atomic E-state index is 10.7. The predicted molar refractivity (Wildman–Crippen MR) is 54.2 cm³/mol. The number of carboxylic acid groups (broad SMARTS) is 1. The first-order valence-electron chi connectivity index (χ1n) is 4.05. The van der Waals surface area contributed by atoms with Crippen LogP contribution in [0.3, 0.4) is 0 Å². The molecule has 0 saturated carbocycles. The number of benzene rings is 1. The van der Waals surface area contributed by atoms with Gasteiger partial charge in [0.2, 0.25) is 0 Å². The molecule has 1 rings (SSSR count). The van der Waals surface area contributed by atoms with Crippen LogP contribution >= 0.6 is 11.6 Å². The molecule has 0 unspecified atom stereocenters. The molecule has 0 saturated heterocycles. The maximum Gasteiger partial charge on any atom is 0.307 e. The minimum atomic E-state index is -1.15. The van der Waals surface area contributed by atoms with Crippen molar-refractivity contribution in [3.8, 4) is 6.07 Å². The van der Waals surface area contributed by atoms with Gasteiger partial charge in [0.05, 0.1) is 11.3 Å². The summed E-state index contributed by atoms with van der Waals surface area (Å²) < 4.78 is 0. The van der Waals surface area contributed by atoms with E-state index in [4.69, 9.17) is 22.0 Å². The number of hydrogen-bond acceptors (Lipinski definition) is 4. The smallest absolute Gasteiger partial charge is 0.307 e. The predicted octanol–water partition coefficient (Wildman–Crippen LogP) is 1.75. The highest BCUT2D eigenvalue weighted by Gasteiger charge is 2.22. The molecule has 0 aromatic heterocycles. The van der Waals surface area contributed by atoms with E-state index in [0.717, 1.165) is 0 Å². The van der Waals surface area contributed by atoms with E-state index >= 15 is 0 Å². The van der Waals surface area contributed by atoms with Crippen LogP contribution in [0.15, 0.2) is 12.1 Å². The van der Waals surface area contributed by atoms with Gasteiger partial charge in [0.25, 0.3) is 0 Å². The van der Waals surface area contributed by atoms with Gasteiger partial charge in [0.15, 0.2) is 0 Å². The van der Waals surface area contributed by atoms with Gasteiger partial charge in [-0.15, -0.1) is 0 Å². The van der Waals surface area contributed by atoms with E-state index in [0.29, 0.717) is 0 Å². The Morgan fingerprint density at radius 1 is 1.62 bits per heavy atom. The molecule has 0 bridgehead atoms. The third-order valence-electron chi connectivity index (χ3n) is 1.84. The van der Waals surface area contributed by atoms with Crippen LogP contribution in [0.4, 0.5) is 5.69 Å². The molecule has 7 heteroatoms. The zero-order valence-corrected chi connectivity index (χ0v) is 8.56. The second-order valence-corrected chi connectivity index (χ2v) is 3.25. The van der Waals surface area contributed by atoms with Gasteiger partial charge in [0, 0.05) is 0 Å². The number of carboxylic acids is 1. The molecule has 0 heterocycles. The Morgan fingerprint density at radius 3 is 2.69 bits per heavy atom. The van der Waals surface area contributed by atoms with Crippen molar-refractivity contribution in [1.29, 1.82) is 5.26 Å². The lowest BCUT2D eigenvalue weighted by Gasteiger charge is -2.03. The molecule has 1 N–H and O–H groups in total. The fourth-order valence-electron chi connectivity index (χ4n) is 1.17. The molecule has 1 aromatic carbocycles. The molecule has 6 nitrogen and oxygen atoms in total. The van der Waals surface area contributed by atoms with Crippen LogP contribution < -0.4 is 0 Å². The molecular formula is C9H5ClN2O4. The zero-order valence-electron chi connectivity index (χ0n) is 7.81. The van der Waals surface area contributed by atoms with Crippen molar-refractivity contribution in [2.75, 3.05) is 0 Å². The minimum Gasteiger partial charge on any atom is -0.481 e. The monoisotopic (exact) mass is 240 g/mol. The van der Waals surface area contributed by atoms with Crippen molar-refractivity contribution in [3.05, 3.63) is 38.4 Å². The molecule has 0 aliphatic heterocycles. The van der Waals surface area contributed by atoms with Crippen LogP contribution in [-0.2, 0) is 11.2 Å². The second-order valence-electron chi connectivity index (χ2n) is 2.87. The number of carbonyl (C=O) groups is 1. The van der Waals surface area contributed by atoms with Crippen molar-refractivity contribution < 1.29 is 14.8 Å². The highest BCUT2D eigenvalue weighted by Crippen LogP contribution is 2.31. The summed E-state index contributed by atoms with van der Waals surface area (Å²) >= 11 is 5.68. The molecule has 16 heavy (non-hydrogen) atoms. The van der Waals surface area contributed by atoms with Crippen molar-refractivity contribution in [2.45, 2.75) is 6.42 Å². The van der Waals surface area contributed by atoms with Crippen molar-refractivity contribution in [2.24, 2.45) is 0 Å². The highest BCUT2D eigenvalue weighted by atomic mass is 35.5. The average molecular weight is 241 g/mol. The van der Waals surface area contributed by atoms with Gasteiger partial charge in [-0.3, -0.25) is 14.9 Å². The largest absolute Gasteiger partial charge is 0.481 e. The summed E-state index contributed by atoms with van der Waals surface area (Å²) in [6.07, 6.45) is -0.425. The van der Waals surface area contributed by atoms with Crippen molar-refractivity contribution in [3.63, 3.8) is 0 Å². The standard InChI is InChI=1S/C9H5ClN2O4/c10-8-5(3-7(13)14)1-2-6(4-11)9(8)12(15)16/h1-2H,3H2,(H,13,14). The zero-order chi connectivity index (χ0) is 12.3. The van der Waals surface area contributed by atoms with E-state index in [-0.39, 0.29) is 16.1 Å². The van der Waals surface area contributed by atoms with E-state index in [1.807, 2.05) is 0 Å². The Bertz CT molecular complexity index is 507. The molecule has 1 aromatic rings. The Balaban J connectivity index is 3.39. The first-order chi connectivity index (χ1) is 7.47. The lowest BCUT2D eigenvalue weighted by atomic mass is 10.1. The van der Waals surface area contributed by atoms with Gasteiger partial charge < -0.3 is 5.11 Å². The molecule has 0 aliphatic rings. The van der Waals surface area contributed by atoms with Crippen LogP contribution in [0.2, 0.25) is 5.02 Å². The van der Waals surface area contributed by atoms with Crippen LogP contribution in [0.25, 0.3) is 0 Å². The molecule has 0 radical (unpaired) electrons. The summed E-state index contributed by atoms with van der Waals surface area (Å²) in [5.74, 6) is -1.15. The lowest BCUT2D eigenvalue weighted by molar-refractivity contribution is -0.385. The van der Waals surface area contributed by atoms with Crippen LogP contribution in [0, 0.1) is 21.4 Å². The number of hydrogen-bond donors (Lipinski definition) is 1. The van der Waals surface area contributed by atoms with E-state index in [1.54, 1.807) is 6.07 Å². The summed E-state index contributed by atoms with van der Waals surface area (Å²) in [6.45, 7) is 0. The third-order valence-corrected chi connectivity index (χ3v) is 2.26.